The maximum absolute atomic E-state index is 12.2. The number of carbonyl (C=O) groups excluding carboxylic acids is 1. The molecule has 1 heterocycles. The highest BCUT2D eigenvalue weighted by molar-refractivity contribution is 5.77. The van der Waals surface area contributed by atoms with Crippen molar-refractivity contribution in [3.8, 4) is 5.75 Å². The highest BCUT2D eigenvalue weighted by Crippen LogP contribution is 2.31. The molecule has 150 valence electrons. The van der Waals surface area contributed by atoms with Gasteiger partial charge in [-0.05, 0) is 61.4 Å². The summed E-state index contributed by atoms with van der Waals surface area (Å²) in [7, 11) is 0. The van der Waals surface area contributed by atoms with Crippen molar-refractivity contribution in [3.63, 3.8) is 0 Å². The van der Waals surface area contributed by atoms with E-state index in [1.165, 1.54) is 11.3 Å². The first-order valence-corrected chi connectivity index (χ1v) is 10.3. The number of para-hydroxylation sites is 1. The smallest absolute Gasteiger partial charge is 0.257 e. The second kappa shape index (κ2) is 9.13. The molecule has 1 atom stereocenters. The molecule has 4 heteroatoms. The van der Waals surface area contributed by atoms with Crippen molar-refractivity contribution >= 4 is 11.6 Å². The van der Waals surface area contributed by atoms with Gasteiger partial charge in [-0.25, -0.2) is 0 Å². The molecule has 0 saturated heterocycles. The first kappa shape index (κ1) is 20.2. The molecule has 1 N–H and O–H groups in total. The van der Waals surface area contributed by atoms with Gasteiger partial charge in [0.1, 0.15) is 5.75 Å². The normalized spacial score (nSPS) is 15.6. The predicted molar refractivity (Wildman–Crippen MR) is 115 cm³/mol. The highest BCUT2D eigenvalue weighted by atomic mass is 16.5. The zero-order chi connectivity index (χ0) is 20.1. The van der Waals surface area contributed by atoms with Gasteiger partial charge < -0.3 is 15.0 Å². The SMILES string of the molecule is Cc1ccc(C(C)C)c(OCC(=O)NCCCN2c3ccccc3CC2C)c1. The topological polar surface area (TPSA) is 41.6 Å². The van der Waals surface area contributed by atoms with Gasteiger partial charge in [0.25, 0.3) is 5.91 Å². The summed E-state index contributed by atoms with van der Waals surface area (Å²) in [6.07, 6.45) is 2.02. The molecular weight excluding hydrogens is 348 g/mol. The molecule has 0 aromatic heterocycles. The van der Waals surface area contributed by atoms with Gasteiger partial charge in [0.2, 0.25) is 0 Å². The van der Waals surface area contributed by atoms with E-state index >= 15 is 0 Å². The van der Waals surface area contributed by atoms with Crippen molar-refractivity contribution < 1.29 is 9.53 Å². The summed E-state index contributed by atoms with van der Waals surface area (Å²) in [5, 5.41) is 2.99. The van der Waals surface area contributed by atoms with E-state index in [4.69, 9.17) is 4.74 Å². The number of anilines is 1. The van der Waals surface area contributed by atoms with Crippen LogP contribution >= 0.6 is 0 Å². The fourth-order valence-corrected chi connectivity index (χ4v) is 3.89. The molecule has 28 heavy (non-hydrogen) atoms. The van der Waals surface area contributed by atoms with Gasteiger partial charge in [-0.2, -0.15) is 0 Å². The number of amides is 1. The summed E-state index contributed by atoms with van der Waals surface area (Å²) in [5.41, 5.74) is 5.04. The Balaban J connectivity index is 1.43. The van der Waals surface area contributed by atoms with E-state index in [-0.39, 0.29) is 12.5 Å². The molecule has 0 spiro atoms. The number of benzene rings is 2. The van der Waals surface area contributed by atoms with Gasteiger partial charge in [-0.3, -0.25) is 4.79 Å². The molecular formula is C24H32N2O2. The third-order valence-electron chi connectivity index (χ3n) is 5.40. The lowest BCUT2D eigenvalue weighted by Crippen LogP contribution is -2.34. The van der Waals surface area contributed by atoms with Crippen molar-refractivity contribution in [1.82, 2.24) is 5.32 Å². The van der Waals surface area contributed by atoms with E-state index < -0.39 is 0 Å². The Hall–Kier alpha value is -2.49. The number of nitrogens with one attached hydrogen (secondary N) is 1. The second-order valence-electron chi connectivity index (χ2n) is 8.06. The Morgan fingerprint density at radius 2 is 2.04 bits per heavy atom. The van der Waals surface area contributed by atoms with Crippen LogP contribution in [0.25, 0.3) is 0 Å². The highest BCUT2D eigenvalue weighted by Gasteiger charge is 2.24. The third-order valence-corrected chi connectivity index (χ3v) is 5.40. The summed E-state index contributed by atoms with van der Waals surface area (Å²) < 4.78 is 5.81. The number of hydrogen-bond donors (Lipinski definition) is 1. The minimum atomic E-state index is -0.0638. The van der Waals surface area contributed by atoms with E-state index in [2.05, 4.69) is 67.4 Å². The Kier molecular flexibility index (Phi) is 6.61. The lowest BCUT2D eigenvalue weighted by atomic mass is 10.0. The number of nitrogens with zero attached hydrogens (tertiary/aromatic N) is 1. The van der Waals surface area contributed by atoms with Gasteiger partial charge in [0.15, 0.2) is 6.61 Å². The molecule has 2 aromatic rings. The summed E-state index contributed by atoms with van der Waals surface area (Å²) in [6.45, 7) is 10.2. The van der Waals surface area contributed by atoms with Crippen LogP contribution in [0.1, 0.15) is 49.8 Å². The summed E-state index contributed by atoms with van der Waals surface area (Å²) >= 11 is 0. The maximum Gasteiger partial charge on any atom is 0.257 e. The standard InChI is InChI=1S/C24H32N2O2/c1-17(2)21-11-10-18(3)14-23(21)28-16-24(27)25-12-7-13-26-19(4)15-20-8-5-6-9-22(20)26/h5-6,8-11,14,17,19H,7,12-13,15-16H2,1-4H3,(H,25,27). The fourth-order valence-electron chi connectivity index (χ4n) is 3.89. The maximum atomic E-state index is 12.2. The van der Waals surface area contributed by atoms with Crippen LogP contribution < -0.4 is 15.0 Å². The van der Waals surface area contributed by atoms with Gasteiger partial charge in [0, 0.05) is 24.8 Å². The minimum absolute atomic E-state index is 0.0616. The fraction of sp³-hybridized carbons (Fsp3) is 0.458. The monoisotopic (exact) mass is 380 g/mol. The minimum Gasteiger partial charge on any atom is -0.483 e. The van der Waals surface area contributed by atoms with Crippen molar-refractivity contribution in [1.29, 1.82) is 0 Å². The molecule has 1 amide bonds. The molecule has 0 radical (unpaired) electrons. The average Bonchev–Trinajstić information content (AvgIpc) is 2.98. The molecule has 0 aliphatic carbocycles. The molecule has 3 rings (SSSR count). The number of rotatable bonds is 8. The first-order chi connectivity index (χ1) is 13.5. The summed E-state index contributed by atoms with van der Waals surface area (Å²) in [6, 6.07) is 15.3. The predicted octanol–water partition coefficient (Wildman–Crippen LogP) is 4.45. The molecule has 0 fully saturated rings. The van der Waals surface area contributed by atoms with Crippen LogP contribution in [0.5, 0.6) is 5.75 Å². The van der Waals surface area contributed by atoms with Crippen LogP contribution in [-0.4, -0.2) is 31.6 Å². The van der Waals surface area contributed by atoms with Gasteiger partial charge in [-0.15, -0.1) is 0 Å². The number of hydrogen-bond acceptors (Lipinski definition) is 3. The van der Waals surface area contributed by atoms with E-state index in [1.54, 1.807) is 0 Å². The first-order valence-electron chi connectivity index (χ1n) is 10.3. The van der Waals surface area contributed by atoms with Crippen molar-refractivity contribution in [2.45, 2.75) is 52.5 Å². The van der Waals surface area contributed by atoms with Crippen LogP contribution in [0.15, 0.2) is 42.5 Å². The second-order valence-corrected chi connectivity index (χ2v) is 8.06. The quantitative estimate of drug-likeness (QED) is 0.688. The number of ether oxygens (including phenoxy) is 1. The molecule has 2 aromatic carbocycles. The van der Waals surface area contributed by atoms with Crippen LogP contribution in [0.4, 0.5) is 5.69 Å². The molecule has 0 bridgehead atoms. The Labute approximate surface area is 168 Å². The van der Waals surface area contributed by atoms with Crippen LogP contribution in [0.3, 0.4) is 0 Å². The number of aryl methyl sites for hydroxylation is 1. The van der Waals surface area contributed by atoms with Crippen LogP contribution in [0, 0.1) is 6.92 Å². The van der Waals surface area contributed by atoms with Gasteiger partial charge in [0.05, 0.1) is 0 Å². The van der Waals surface area contributed by atoms with Crippen LogP contribution in [-0.2, 0) is 11.2 Å². The van der Waals surface area contributed by atoms with E-state index in [1.807, 2.05) is 13.0 Å². The number of fused-ring (bicyclic) bond motifs is 1. The van der Waals surface area contributed by atoms with E-state index in [9.17, 15) is 4.79 Å². The summed E-state index contributed by atoms with van der Waals surface area (Å²) in [5.74, 6) is 1.11. The van der Waals surface area contributed by atoms with E-state index in [0.29, 0.717) is 18.5 Å². The van der Waals surface area contributed by atoms with E-state index in [0.717, 1.165) is 36.3 Å². The number of carbonyl (C=O) groups is 1. The van der Waals surface area contributed by atoms with Gasteiger partial charge in [-0.1, -0.05) is 44.2 Å². The summed E-state index contributed by atoms with van der Waals surface area (Å²) in [4.78, 5) is 14.6. The van der Waals surface area contributed by atoms with Gasteiger partial charge >= 0.3 is 0 Å². The van der Waals surface area contributed by atoms with Crippen molar-refractivity contribution in [2.24, 2.45) is 0 Å². The molecule has 0 saturated carbocycles. The van der Waals surface area contributed by atoms with Crippen LogP contribution in [0.2, 0.25) is 0 Å². The van der Waals surface area contributed by atoms with Crippen molar-refractivity contribution in [3.05, 3.63) is 59.2 Å². The molecule has 4 nitrogen and oxygen atoms in total. The largest absolute Gasteiger partial charge is 0.483 e. The lowest BCUT2D eigenvalue weighted by molar-refractivity contribution is -0.123. The van der Waals surface area contributed by atoms with Crippen molar-refractivity contribution in [2.75, 3.05) is 24.6 Å². The Morgan fingerprint density at radius 1 is 1.25 bits per heavy atom. The zero-order valence-electron chi connectivity index (χ0n) is 17.5. The molecule has 1 unspecified atom stereocenters. The average molecular weight is 381 g/mol. The Bertz CT molecular complexity index is 816. The molecule has 1 aliphatic heterocycles. The zero-order valence-corrected chi connectivity index (χ0v) is 17.5. The third kappa shape index (κ3) is 4.86. The lowest BCUT2D eigenvalue weighted by Gasteiger charge is -2.25. The Morgan fingerprint density at radius 3 is 2.82 bits per heavy atom. The molecule has 1 aliphatic rings.